The van der Waals surface area contributed by atoms with Gasteiger partial charge in [0.2, 0.25) is 4.87 Å². The molecule has 3 aromatic rings. The summed E-state index contributed by atoms with van der Waals surface area (Å²) < 4.78 is 75.2. The SMILES string of the molecule is CCCCCNC(=O)Nc1c(OCCCn2cnc(-c3ccccc3)c2C)cccc1C1(S(=O)(=O)C(F)(F)F)C=CC=N1. The van der Waals surface area contributed by atoms with Crippen molar-refractivity contribution in [1.82, 2.24) is 14.9 Å². The molecule has 0 radical (unpaired) electrons. The number of hydrogen-bond donors (Lipinski definition) is 2. The van der Waals surface area contributed by atoms with Crippen LogP contribution in [0.2, 0.25) is 0 Å². The van der Waals surface area contributed by atoms with E-state index in [4.69, 9.17) is 4.74 Å². The number of anilines is 1. The molecule has 1 aromatic heterocycles. The maximum absolute atomic E-state index is 13.9. The van der Waals surface area contributed by atoms with Gasteiger partial charge in [0.1, 0.15) is 5.75 Å². The second-order valence-corrected chi connectivity index (χ2v) is 12.1. The highest BCUT2D eigenvalue weighted by Crippen LogP contribution is 2.48. The Morgan fingerprint density at radius 3 is 2.51 bits per heavy atom. The number of carbonyl (C=O) groups is 1. The van der Waals surface area contributed by atoms with Crippen molar-refractivity contribution in [1.29, 1.82) is 0 Å². The van der Waals surface area contributed by atoms with Gasteiger partial charge in [0.15, 0.2) is 0 Å². The van der Waals surface area contributed by atoms with Crippen LogP contribution in [0, 0.1) is 6.92 Å². The number of ether oxygens (including phenoxy) is 1. The van der Waals surface area contributed by atoms with E-state index in [-0.39, 0.29) is 23.6 Å². The monoisotopic (exact) mass is 617 g/mol. The van der Waals surface area contributed by atoms with Crippen molar-refractivity contribution in [2.24, 2.45) is 4.99 Å². The number of amides is 2. The molecule has 2 heterocycles. The zero-order chi connectivity index (χ0) is 31.1. The molecule has 4 rings (SSSR count). The topological polar surface area (TPSA) is 115 Å². The molecule has 1 aliphatic rings. The molecule has 13 heteroatoms. The average Bonchev–Trinajstić information content (AvgIpc) is 3.62. The van der Waals surface area contributed by atoms with E-state index in [2.05, 4.69) is 20.6 Å². The Labute approximate surface area is 248 Å². The molecular weight excluding hydrogens is 583 g/mol. The molecule has 2 N–H and O–H groups in total. The summed E-state index contributed by atoms with van der Waals surface area (Å²) in [5, 5.41) is 5.20. The summed E-state index contributed by atoms with van der Waals surface area (Å²) in [6.45, 7) is 4.94. The van der Waals surface area contributed by atoms with Gasteiger partial charge in [-0.05, 0) is 38.0 Å². The molecule has 0 saturated heterocycles. The van der Waals surface area contributed by atoms with Gasteiger partial charge in [0.05, 0.1) is 24.3 Å². The van der Waals surface area contributed by atoms with E-state index in [9.17, 15) is 26.4 Å². The second kappa shape index (κ2) is 13.4. The molecule has 0 spiro atoms. The number of aromatic nitrogens is 2. The number of nitrogens with zero attached hydrogens (tertiary/aromatic N) is 3. The Morgan fingerprint density at radius 1 is 1.07 bits per heavy atom. The van der Waals surface area contributed by atoms with Crippen LogP contribution < -0.4 is 15.4 Å². The first-order valence-corrected chi connectivity index (χ1v) is 15.4. The predicted octanol–water partition coefficient (Wildman–Crippen LogP) is 6.37. The number of carbonyl (C=O) groups excluding carboxylic acids is 1. The van der Waals surface area contributed by atoms with Crippen molar-refractivity contribution in [2.75, 3.05) is 18.5 Å². The third kappa shape index (κ3) is 6.76. The molecule has 1 unspecified atom stereocenters. The zero-order valence-electron chi connectivity index (χ0n) is 23.9. The van der Waals surface area contributed by atoms with Crippen molar-refractivity contribution in [3.05, 3.63) is 78.3 Å². The molecule has 0 bridgehead atoms. The summed E-state index contributed by atoms with van der Waals surface area (Å²) in [6.07, 6.45) is 7.69. The number of imidazole rings is 1. The van der Waals surface area contributed by atoms with E-state index < -0.39 is 26.2 Å². The molecule has 230 valence electrons. The first-order chi connectivity index (χ1) is 20.5. The highest BCUT2D eigenvalue weighted by molar-refractivity contribution is 7.93. The smallest absolute Gasteiger partial charge is 0.491 e. The van der Waals surface area contributed by atoms with Crippen molar-refractivity contribution < 1.29 is 31.1 Å². The van der Waals surface area contributed by atoms with Crippen LogP contribution in [0.1, 0.15) is 43.9 Å². The lowest BCUT2D eigenvalue weighted by molar-refractivity contribution is -0.0453. The lowest BCUT2D eigenvalue weighted by Crippen LogP contribution is -2.41. The van der Waals surface area contributed by atoms with Crippen LogP contribution in [0.5, 0.6) is 5.75 Å². The largest absolute Gasteiger partial charge is 0.500 e. The maximum Gasteiger partial charge on any atom is 0.500 e. The first kappa shape index (κ1) is 31.8. The van der Waals surface area contributed by atoms with Gasteiger partial charge in [0.25, 0.3) is 9.84 Å². The minimum atomic E-state index is -5.90. The fourth-order valence-corrected chi connectivity index (χ4v) is 6.06. The van der Waals surface area contributed by atoms with Gasteiger partial charge >= 0.3 is 11.5 Å². The fourth-order valence-electron chi connectivity index (χ4n) is 4.79. The molecule has 0 aliphatic carbocycles. The Kier molecular flexibility index (Phi) is 9.95. The number of nitrogens with one attached hydrogen (secondary N) is 2. The summed E-state index contributed by atoms with van der Waals surface area (Å²) in [5.74, 6) is 0.0146. The van der Waals surface area contributed by atoms with Gasteiger partial charge in [0, 0.05) is 36.1 Å². The van der Waals surface area contributed by atoms with E-state index in [1.807, 2.05) is 48.7 Å². The van der Waals surface area contributed by atoms with Crippen molar-refractivity contribution in [3.8, 4) is 17.0 Å². The van der Waals surface area contributed by atoms with Crippen LogP contribution in [0.4, 0.5) is 23.7 Å². The first-order valence-electron chi connectivity index (χ1n) is 13.9. The molecule has 0 saturated carbocycles. The quantitative estimate of drug-likeness (QED) is 0.217. The van der Waals surface area contributed by atoms with E-state index in [1.165, 1.54) is 18.2 Å². The van der Waals surface area contributed by atoms with Crippen molar-refractivity contribution in [2.45, 2.75) is 56.5 Å². The lowest BCUT2D eigenvalue weighted by Gasteiger charge is -2.29. The number of benzene rings is 2. The maximum atomic E-state index is 13.9. The summed E-state index contributed by atoms with van der Waals surface area (Å²) in [7, 11) is -5.90. The number of allylic oxidation sites excluding steroid dienone is 1. The van der Waals surface area contributed by atoms with Gasteiger partial charge in [-0.1, -0.05) is 62.2 Å². The Bertz CT molecular complexity index is 1570. The number of unbranched alkanes of at least 4 members (excludes halogenated alkanes) is 2. The van der Waals surface area contributed by atoms with Gasteiger partial charge in [-0.25, -0.2) is 18.2 Å². The third-order valence-corrected chi connectivity index (χ3v) is 8.94. The normalized spacial score (nSPS) is 16.4. The van der Waals surface area contributed by atoms with E-state index in [0.29, 0.717) is 25.9 Å². The lowest BCUT2D eigenvalue weighted by atomic mass is 10.0. The summed E-state index contributed by atoms with van der Waals surface area (Å²) in [6, 6.07) is 13.1. The van der Waals surface area contributed by atoms with Gasteiger partial charge in [-0.3, -0.25) is 4.99 Å². The minimum Gasteiger partial charge on any atom is -0.491 e. The molecule has 0 fully saturated rings. The Morgan fingerprint density at radius 2 is 1.84 bits per heavy atom. The van der Waals surface area contributed by atoms with Gasteiger partial charge in [-0.2, -0.15) is 13.2 Å². The number of urea groups is 1. The van der Waals surface area contributed by atoms with Crippen LogP contribution in [0.15, 0.2) is 72.0 Å². The second-order valence-electron chi connectivity index (χ2n) is 9.99. The molecule has 1 aliphatic heterocycles. The van der Waals surface area contributed by atoms with E-state index >= 15 is 0 Å². The van der Waals surface area contributed by atoms with E-state index in [1.54, 1.807) is 6.33 Å². The molecule has 43 heavy (non-hydrogen) atoms. The predicted molar refractivity (Wildman–Crippen MR) is 160 cm³/mol. The van der Waals surface area contributed by atoms with Crippen LogP contribution in [0.3, 0.4) is 0 Å². The molecule has 2 aromatic carbocycles. The van der Waals surface area contributed by atoms with Crippen LogP contribution in [0.25, 0.3) is 11.3 Å². The average molecular weight is 618 g/mol. The number of rotatable bonds is 13. The molecule has 1 atom stereocenters. The van der Waals surface area contributed by atoms with Crippen molar-refractivity contribution in [3.63, 3.8) is 0 Å². The van der Waals surface area contributed by atoms with E-state index in [0.717, 1.165) is 48.2 Å². The Balaban J connectivity index is 1.59. The third-order valence-electron chi connectivity index (χ3n) is 7.05. The number of aliphatic imine (C=N–C) groups is 1. The standard InChI is InChI=1S/C30H34F3N5O4S/c1-3-4-8-17-34-28(39)37-27-24(29(16-10-18-36-29)43(40,41)30(31,32)33)14-9-15-25(27)42-20-11-19-38-21-35-26(22(38)2)23-12-6-5-7-13-23/h5-7,9-10,12-16,18,21H,3-4,8,11,17,19-20H2,1-2H3,(H2,34,37,39). The van der Waals surface area contributed by atoms with Crippen molar-refractivity contribution >= 4 is 27.8 Å². The highest BCUT2D eigenvalue weighted by Gasteiger charge is 2.61. The number of alkyl halides is 3. The number of sulfone groups is 1. The number of aryl methyl sites for hydroxylation is 1. The molecule has 2 amide bonds. The van der Waals surface area contributed by atoms with Gasteiger partial charge in [-0.15, -0.1) is 0 Å². The number of hydrogen-bond acceptors (Lipinski definition) is 6. The number of halogens is 3. The zero-order valence-corrected chi connectivity index (χ0v) is 24.7. The summed E-state index contributed by atoms with van der Waals surface area (Å²) in [4.78, 5) is 18.3. The highest BCUT2D eigenvalue weighted by atomic mass is 32.2. The summed E-state index contributed by atoms with van der Waals surface area (Å²) in [5.41, 5.74) is -3.41. The fraction of sp³-hybridized carbons (Fsp3) is 0.367. The minimum absolute atomic E-state index is 0.0146. The summed E-state index contributed by atoms with van der Waals surface area (Å²) >= 11 is 0. The molecular formula is C30H34F3N5O4S. The van der Waals surface area contributed by atoms with Gasteiger partial charge < -0.3 is 19.9 Å². The van der Waals surface area contributed by atoms with Crippen LogP contribution in [-0.2, 0) is 21.3 Å². The van der Waals surface area contributed by atoms with Crippen LogP contribution >= 0.6 is 0 Å². The molecule has 9 nitrogen and oxygen atoms in total. The number of para-hydroxylation sites is 1. The van der Waals surface area contributed by atoms with Crippen LogP contribution in [-0.4, -0.2) is 48.9 Å². The Hall–Kier alpha value is -4.13.